The Morgan fingerprint density at radius 2 is 1.90 bits per heavy atom. The van der Waals surface area contributed by atoms with E-state index in [4.69, 9.17) is 0 Å². The first kappa shape index (κ1) is 25.4. The Morgan fingerprint density at radius 3 is 2.52 bits per heavy atom. The number of halogens is 4. The topological polar surface area (TPSA) is 42.9 Å². The lowest BCUT2D eigenvalue weighted by Gasteiger charge is -2.32. The van der Waals surface area contributed by atoms with Gasteiger partial charge in [0.2, 0.25) is 0 Å². The molecule has 1 aromatic carbocycles. The molecule has 1 aliphatic rings. The van der Waals surface area contributed by atoms with Gasteiger partial charge in [0.05, 0.1) is 13.1 Å². The SMILES string of the molecule is CCNC(=NCc1ccc(F)c(CN(C)C)c1)NCCC1CCN(CC(F)(F)F)CC1. The van der Waals surface area contributed by atoms with Crippen LogP contribution in [0.15, 0.2) is 23.2 Å². The van der Waals surface area contributed by atoms with Gasteiger partial charge in [-0.25, -0.2) is 9.38 Å². The minimum atomic E-state index is -4.12. The number of hydrogen-bond acceptors (Lipinski definition) is 3. The molecular formula is C22H35F4N5. The molecule has 9 heteroatoms. The van der Waals surface area contributed by atoms with Crippen molar-refractivity contribution < 1.29 is 17.6 Å². The summed E-state index contributed by atoms with van der Waals surface area (Å²) in [5.74, 6) is 0.897. The zero-order chi connectivity index (χ0) is 22.9. The number of nitrogens with one attached hydrogen (secondary N) is 2. The molecule has 1 fully saturated rings. The van der Waals surface area contributed by atoms with Crippen LogP contribution in [0.5, 0.6) is 0 Å². The van der Waals surface area contributed by atoms with Gasteiger partial charge in [-0.15, -0.1) is 0 Å². The number of guanidine groups is 1. The smallest absolute Gasteiger partial charge is 0.357 e. The van der Waals surface area contributed by atoms with E-state index in [2.05, 4.69) is 15.6 Å². The third-order valence-electron chi connectivity index (χ3n) is 5.32. The molecule has 0 saturated carbocycles. The van der Waals surface area contributed by atoms with Gasteiger partial charge in [0.1, 0.15) is 5.82 Å². The van der Waals surface area contributed by atoms with Gasteiger partial charge in [0, 0.05) is 25.2 Å². The first-order chi connectivity index (χ1) is 14.7. The highest BCUT2D eigenvalue weighted by Gasteiger charge is 2.32. The second-order valence-corrected chi connectivity index (χ2v) is 8.41. The fourth-order valence-electron chi connectivity index (χ4n) is 3.78. The van der Waals surface area contributed by atoms with Crippen molar-refractivity contribution in [2.45, 2.75) is 45.5 Å². The molecule has 0 amide bonds. The Labute approximate surface area is 182 Å². The van der Waals surface area contributed by atoms with E-state index in [1.807, 2.05) is 32.0 Å². The summed E-state index contributed by atoms with van der Waals surface area (Å²) in [5.41, 5.74) is 1.58. The number of aliphatic imine (C=N–C) groups is 1. The molecule has 176 valence electrons. The van der Waals surface area contributed by atoms with Crippen LogP contribution in [0.3, 0.4) is 0 Å². The predicted octanol–water partition coefficient (Wildman–Crippen LogP) is 3.61. The maximum absolute atomic E-state index is 14.0. The van der Waals surface area contributed by atoms with Crippen molar-refractivity contribution in [3.63, 3.8) is 0 Å². The Morgan fingerprint density at radius 1 is 1.19 bits per heavy atom. The van der Waals surface area contributed by atoms with E-state index < -0.39 is 12.7 Å². The van der Waals surface area contributed by atoms with E-state index in [1.54, 1.807) is 6.07 Å². The van der Waals surface area contributed by atoms with Crippen molar-refractivity contribution in [3.05, 3.63) is 35.1 Å². The maximum atomic E-state index is 14.0. The number of alkyl halides is 3. The highest BCUT2D eigenvalue weighted by atomic mass is 19.4. The van der Waals surface area contributed by atoms with Crippen LogP contribution in [-0.4, -0.2) is 68.8 Å². The van der Waals surface area contributed by atoms with Gasteiger partial charge in [0.15, 0.2) is 5.96 Å². The molecule has 2 N–H and O–H groups in total. The van der Waals surface area contributed by atoms with Gasteiger partial charge in [-0.1, -0.05) is 6.07 Å². The molecule has 1 aromatic rings. The third kappa shape index (κ3) is 9.86. The van der Waals surface area contributed by atoms with Crippen LogP contribution in [0, 0.1) is 11.7 Å². The van der Waals surface area contributed by atoms with E-state index in [0.717, 1.165) is 31.4 Å². The van der Waals surface area contributed by atoms with Crippen molar-refractivity contribution in [3.8, 4) is 0 Å². The first-order valence-electron chi connectivity index (χ1n) is 10.9. The van der Waals surface area contributed by atoms with Crippen molar-refractivity contribution in [1.82, 2.24) is 20.4 Å². The van der Waals surface area contributed by atoms with E-state index in [9.17, 15) is 17.6 Å². The number of likely N-dealkylation sites (tertiary alicyclic amines) is 1. The number of piperidine rings is 1. The third-order valence-corrected chi connectivity index (χ3v) is 5.32. The molecule has 31 heavy (non-hydrogen) atoms. The Balaban J connectivity index is 1.81. The number of rotatable bonds is 9. The average Bonchev–Trinajstić information content (AvgIpc) is 2.68. The molecule has 0 radical (unpaired) electrons. The summed E-state index contributed by atoms with van der Waals surface area (Å²) in [4.78, 5) is 8.00. The van der Waals surface area contributed by atoms with Crippen molar-refractivity contribution >= 4 is 5.96 Å². The minimum absolute atomic E-state index is 0.215. The van der Waals surface area contributed by atoms with Crippen LogP contribution in [0.4, 0.5) is 17.6 Å². The molecule has 1 aliphatic heterocycles. The molecule has 5 nitrogen and oxygen atoms in total. The Kier molecular flexibility index (Phi) is 10.0. The summed E-state index contributed by atoms with van der Waals surface area (Å²) in [6.45, 7) is 4.57. The summed E-state index contributed by atoms with van der Waals surface area (Å²) in [7, 11) is 3.80. The van der Waals surface area contributed by atoms with E-state index in [-0.39, 0.29) is 5.82 Å². The van der Waals surface area contributed by atoms with Crippen LogP contribution in [0.25, 0.3) is 0 Å². The first-order valence-corrected chi connectivity index (χ1v) is 10.9. The van der Waals surface area contributed by atoms with Crippen molar-refractivity contribution in [1.29, 1.82) is 0 Å². The zero-order valence-electron chi connectivity index (χ0n) is 18.7. The molecule has 1 saturated heterocycles. The largest absolute Gasteiger partial charge is 0.401 e. The second-order valence-electron chi connectivity index (χ2n) is 8.41. The van der Waals surface area contributed by atoms with Crippen molar-refractivity contribution in [2.24, 2.45) is 10.9 Å². The molecule has 2 rings (SSSR count). The molecule has 0 unspecified atom stereocenters. The monoisotopic (exact) mass is 445 g/mol. The van der Waals surface area contributed by atoms with Gasteiger partial charge >= 0.3 is 6.18 Å². The van der Waals surface area contributed by atoms with Gasteiger partial charge in [-0.3, -0.25) is 4.90 Å². The second kappa shape index (κ2) is 12.2. The summed E-state index contributed by atoms with van der Waals surface area (Å²) >= 11 is 0. The average molecular weight is 446 g/mol. The number of nitrogens with zero attached hydrogens (tertiary/aromatic N) is 3. The zero-order valence-corrected chi connectivity index (χ0v) is 18.7. The predicted molar refractivity (Wildman–Crippen MR) is 116 cm³/mol. The van der Waals surface area contributed by atoms with Crippen LogP contribution >= 0.6 is 0 Å². The quantitative estimate of drug-likeness (QED) is 0.346. The lowest BCUT2D eigenvalue weighted by Crippen LogP contribution is -2.41. The summed E-state index contributed by atoms with van der Waals surface area (Å²) < 4.78 is 51.5. The summed E-state index contributed by atoms with van der Waals surface area (Å²) in [6, 6.07) is 5.07. The van der Waals surface area contributed by atoms with Gasteiger partial charge < -0.3 is 15.5 Å². The number of benzene rings is 1. The summed E-state index contributed by atoms with van der Waals surface area (Å²) in [6.07, 6.45) is -1.65. The molecule has 0 atom stereocenters. The van der Waals surface area contributed by atoms with Crippen LogP contribution in [0.1, 0.15) is 37.3 Å². The molecule has 0 aromatic heterocycles. The minimum Gasteiger partial charge on any atom is -0.357 e. The fraction of sp³-hybridized carbons (Fsp3) is 0.682. The normalized spacial score (nSPS) is 16.7. The molecule has 0 bridgehead atoms. The van der Waals surface area contributed by atoms with E-state index in [0.29, 0.717) is 50.2 Å². The van der Waals surface area contributed by atoms with Gasteiger partial charge in [-0.2, -0.15) is 13.2 Å². The lowest BCUT2D eigenvalue weighted by atomic mass is 9.93. The van der Waals surface area contributed by atoms with E-state index >= 15 is 0 Å². The molecule has 1 heterocycles. The molecule has 0 aliphatic carbocycles. The highest BCUT2D eigenvalue weighted by molar-refractivity contribution is 5.79. The van der Waals surface area contributed by atoms with Gasteiger partial charge in [-0.05, 0) is 77.0 Å². The van der Waals surface area contributed by atoms with Crippen LogP contribution in [0.2, 0.25) is 0 Å². The molecular weight excluding hydrogens is 410 g/mol. The highest BCUT2D eigenvalue weighted by Crippen LogP contribution is 2.24. The van der Waals surface area contributed by atoms with Crippen LogP contribution in [-0.2, 0) is 13.1 Å². The number of hydrogen-bond donors (Lipinski definition) is 2. The lowest BCUT2D eigenvalue weighted by molar-refractivity contribution is -0.148. The van der Waals surface area contributed by atoms with Gasteiger partial charge in [0.25, 0.3) is 0 Å². The van der Waals surface area contributed by atoms with Crippen molar-refractivity contribution in [2.75, 3.05) is 46.8 Å². The Hall–Kier alpha value is -1.87. The maximum Gasteiger partial charge on any atom is 0.401 e. The standard InChI is InChI=1S/C22H35F4N5/c1-4-27-21(29-14-18-5-6-20(23)19(13-18)15-30(2)3)28-10-7-17-8-11-31(12-9-17)16-22(24,25)26/h5-6,13,17H,4,7-12,14-16H2,1-3H3,(H2,27,28,29). The molecule has 0 spiro atoms. The summed E-state index contributed by atoms with van der Waals surface area (Å²) in [5, 5.41) is 6.51. The fourth-order valence-corrected chi connectivity index (χ4v) is 3.78. The Bertz CT molecular complexity index is 698. The van der Waals surface area contributed by atoms with E-state index in [1.165, 1.54) is 11.0 Å². The van der Waals surface area contributed by atoms with Crippen LogP contribution < -0.4 is 10.6 Å².